The van der Waals surface area contributed by atoms with Crippen LogP contribution < -0.4 is 0 Å². The van der Waals surface area contributed by atoms with Gasteiger partial charge < -0.3 is 0 Å². The number of hydrogen-bond donors (Lipinski definition) is 0. The van der Waals surface area contributed by atoms with Crippen molar-refractivity contribution in [2.24, 2.45) is 0 Å². The maximum Gasteiger partial charge on any atom is 0.0299 e. The van der Waals surface area contributed by atoms with Crippen molar-refractivity contribution >= 4 is 0 Å². The molecule has 1 aromatic rings. The average molecular weight is 332 g/mol. The second-order valence-electron chi connectivity index (χ2n) is 7.41. The summed E-state index contributed by atoms with van der Waals surface area (Å²) in [7, 11) is 0. The number of rotatable bonds is 17. The van der Waals surface area contributed by atoms with Crippen molar-refractivity contribution in [2.45, 2.75) is 116 Å². The van der Waals surface area contributed by atoms with Crippen LogP contribution in [0.3, 0.4) is 0 Å². The Hall–Kier alpha value is -0.850. The number of unbranched alkanes of at least 4 members (excludes halogenated alkanes) is 15. The van der Waals surface area contributed by atoms with Gasteiger partial charge in [-0.15, -0.1) is 0 Å². The topological polar surface area (TPSA) is 12.9 Å². The molecule has 138 valence electrons. The summed E-state index contributed by atoms with van der Waals surface area (Å²) in [4.78, 5) is 4.18. The predicted molar refractivity (Wildman–Crippen MR) is 107 cm³/mol. The zero-order valence-electron chi connectivity index (χ0n) is 16.3. The van der Waals surface area contributed by atoms with Crippen molar-refractivity contribution < 1.29 is 0 Å². The van der Waals surface area contributed by atoms with Crippen LogP contribution in [0.2, 0.25) is 0 Å². The molecule has 1 rings (SSSR count). The zero-order chi connectivity index (χ0) is 17.1. The molecule has 0 saturated carbocycles. The van der Waals surface area contributed by atoms with E-state index in [4.69, 9.17) is 0 Å². The molecule has 1 heteroatoms. The fourth-order valence-corrected chi connectivity index (χ4v) is 3.42. The first-order chi connectivity index (χ1) is 11.9. The maximum atomic E-state index is 4.18. The molecule has 24 heavy (non-hydrogen) atoms. The minimum absolute atomic E-state index is 1.20. The molecule has 0 amide bonds. The van der Waals surface area contributed by atoms with Crippen LogP contribution in [-0.4, -0.2) is 4.98 Å². The van der Waals surface area contributed by atoms with E-state index in [2.05, 4.69) is 18.0 Å². The molecule has 0 bridgehead atoms. The number of aryl methyl sites for hydroxylation is 1. The summed E-state index contributed by atoms with van der Waals surface area (Å²) in [6, 6.07) is 4.24. The van der Waals surface area contributed by atoms with Crippen LogP contribution in [0.4, 0.5) is 0 Å². The van der Waals surface area contributed by atoms with Gasteiger partial charge in [-0.1, -0.05) is 109 Å². The average Bonchev–Trinajstić information content (AvgIpc) is 2.62. The van der Waals surface area contributed by atoms with Gasteiger partial charge in [-0.2, -0.15) is 0 Å². The second-order valence-corrected chi connectivity index (χ2v) is 7.41. The van der Waals surface area contributed by atoms with Gasteiger partial charge >= 0.3 is 0 Å². The van der Waals surface area contributed by atoms with Gasteiger partial charge in [0.15, 0.2) is 0 Å². The molecule has 0 aliphatic rings. The molecular formula is C23H41N. The van der Waals surface area contributed by atoms with Gasteiger partial charge in [0.05, 0.1) is 0 Å². The Labute approximate surface area is 151 Å². The molecule has 0 N–H and O–H groups in total. The Balaban J connectivity index is 1.70. The third-order valence-electron chi connectivity index (χ3n) is 5.04. The molecule has 0 aliphatic carbocycles. The van der Waals surface area contributed by atoms with E-state index in [1.54, 1.807) is 0 Å². The van der Waals surface area contributed by atoms with Crippen molar-refractivity contribution in [1.29, 1.82) is 0 Å². The van der Waals surface area contributed by atoms with E-state index in [0.29, 0.717) is 0 Å². The van der Waals surface area contributed by atoms with E-state index >= 15 is 0 Å². The lowest BCUT2D eigenvalue weighted by Gasteiger charge is -2.04. The van der Waals surface area contributed by atoms with E-state index in [9.17, 15) is 0 Å². The van der Waals surface area contributed by atoms with E-state index in [-0.39, 0.29) is 0 Å². The number of nitrogens with zero attached hydrogens (tertiary/aromatic N) is 1. The number of hydrogen-bond acceptors (Lipinski definition) is 1. The van der Waals surface area contributed by atoms with E-state index in [0.717, 1.165) is 0 Å². The third-order valence-corrected chi connectivity index (χ3v) is 5.04. The van der Waals surface area contributed by atoms with E-state index in [1.807, 2.05) is 18.5 Å². The molecule has 1 heterocycles. The molecule has 0 aromatic carbocycles. The van der Waals surface area contributed by atoms with Gasteiger partial charge in [0.2, 0.25) is 0 Å². The molecule has 1 nitrogen and oxygen atoms in total. The molecule has 0 atom stereocenters. The van der Waals surface area contributed by atoms with E-state index in [1.165, 1.54) is 115 Å². The molecule has 0 radical (unpaired) electrons. The molecule has 0 fully saturated rings. The lowest BCUT2D eigenvalue weighted by molar-refractivity contribution is 0.529. The van der Waals surface area contributed by atoms with Crippen molar-refractivity contribution in [3.63, 3.8) is 0 Å². The van der Waals surface area contributed by atoms with E-state index < -0.39 is 0 Å². The fraction of sp³-hybridized carbons (Fsp3) is 0.783. The van der Waals surface area contributed by atoms with Gasteiger partial charge in [-0.3, -0.25) is 4.98 Å². The Kier molecular flexibility index (Phi) is 15.0. The third kappa shape index (κ3) is 13.6. The van der Waals surface area contributed by atoms with Gasteiger partial charge in [-0.05, 0) is 24.5 Å². The SMILES string of the molecule is CCCCCCCCCCCCCCCCCCc1cccnc1. The number of aromatic nitrogens is 1. The molecule has 1 aromatic heterocycles. The molecular weight excluding hydrogens is 290 g/mol. The highest BCUT2D eigenvalue weighted by Gasteiger charge is 1.95. The summed E-state index contributed by atoms with van der Waals surface area (Å²) in [5.41, 5.74) is 1.39. The van der Waals surface area contributed by atoms with Crippen molar-refractivity contribution in [3.8, 4) is 0 Å². The second kappa shape index (κ2) is 17.0. The largest absolute Gasteiger partial charge is 0.264 e. The summed E-state index contributed by atoms with van der Waals surface area (Å²) in [6.07, 6.45) is 28.1. The van der Waals surface area contributed by atoms with Crippen LogP contribution in [-0.2, 0) is 6.42 Å². The molecule has 0 spiro atoms. The Morgan fingerprint density at radius 1 is 0.625 bits per heavy atom. The van der Waals surface area contributed by atoms with Crippen LogP contribution in [0.1, 0.15) is 115 Å². The quantitative estimate of drug-likeness (QED) is 0.264. The van der Waals surface area contributed by atoms with Gasteiger partial charge in [-0.25, -0.2) is 0 Å². The number of pyridine rings is 1. The minimum Gasteiger partial charge on any atom is -0.264 e. The van der Waals surface area contributed by atoms with Crippen molar-refractivity contribution in [1.82, 2.24) is 4.98 Å². The van der Waals surface area contributed by atoms with Crippen LogP contribution >= 0.6 is 0 Å². The van der Waals surface area contributed by atoms with Crippen LogP contribution in [0.15, 0.2) is 24.5 Å². The summed E-state index contributed by atoms with van der Waals surface area (Å²) < 4.78 is 0. The fourth-order valence-electron chi connectivity index (χ4n) is 3.42. The minimum atomic E-state index is 1.20. The lowest BCUT2D eigenvalue weighted by Crippen LogP contribution is -1.87. The highest BCUT2D eigenvalue weighted by atomic mass is 14.6. The normalized spacial score (nSPS) is 11.0. The van der Waals surface area contributed by atoms with Crippen molar-refractivity contribution in [2.75, 3.05) is 0 Å². The van der Waals surface area contributed by atoms with Gasteiger partial charge in [0.25, 0.3) is 0 Å². The lowest BCUT2D eigenvalue weighted by atomic mass is 10.0. The zero-order valence-corrected chi connectivity index (χ0v) is 16.3. The predicted octanol–water partition coefficient (Wildman–Crippen LogP) is 7.89. The summed E-state index contributed by atoms with van der Waals surface area (Å²) in [5.74, 6) is 0. The first-order valence-electron chi connectivity index (χ1n) is 10.8. The molecule has 0 unspecified atom stereocenters. The highest BCUT2D eigenvalue weighted by Crippen LogP contribution is 2.14. The van der Waals surface area contributed by atoms with Crippen LogP contribution in [0, 0.1) is 0 Å². The van der Waals surface area contributed by atoms with Crippen molar-refractivity contribution in [3.05, 3.63) is 30.1 Å². The van der Waals surface area contributed by atoms with Crippen LogP contribution in [0.5, 0.6) is 0 Å². The standard InChI is InChI=1S/C23H41N/c1-2-3-4-5-6-7-8-9-10-11-12-13-14-15-16-17-19-23-20-18-21-24-22-23/h18,20-22H,2-17,19H2,1H3. The maximum absolute atomic E-state index is 4.18. The van der Waals surface area contributed by atoms with Gasteiger partial charge in [0, 0.05) is 12.4 Å². The first kappa shape index (κ1) is 21.2. The first-order valence-corrected chi connectivity index (χ1v) is 10.8. The Morgan fingerprint density at radius 2 is 1.08 bits per heavy atom. The smallest absolute Gasteiger partial charge is 0.0299 e. The summed E-state index contributed by atoms with van der Waals surface area (Å²) >= 11 is 0. The highest BCUT2D eigenvalue weighted by molar-refractivity contribution is 5.08. The summed E-state index contributed by atoms with van der Waals surface area (Å²) in [6.45, 7) is 2.29. The van der Waals surface area contributed by atoms with Gasteiger partial charge in [0.1, 0.15) is 0 Å². The van der Waals surface area contributed by atoms with Crippen LogP contribution in [0.25, 0.3) is 0 Å². The Morgan fingerprint density at radius 3 is 1.50 bits per heavy atom. The molecule has 0 saturated heterocycles. The molecule has 0 aliphatic heterocycles. The summed E-state index contributed by atoms with van der Waals surface area (Å²) in [5, 5.41) is 0. The monoisotopic (exact) mass is 331 g/mol. The Bertz CT molecular complexity index is 346.